The highest BCUT2D eigenvalue weighted by molar-refractivity contribution is 5.29. The molecule has 0 saturated carbocycles. The Hall–Kier alpha value is -1.05. The Kier molecular flexibility index (Phi) is 4.79. The average molecular weight is 212 g/mol. The van der Waals surface area contributed by atoms with Gasteiger partial charge in [-0.15, -0.1) is 0 Å². The van der Waals surface area contributed by atoms with E-state index in [-0.39, 0.29) is 18.7 Å². The third kappa shape index (κ3) is 4.82. The second kappa shape index (κ2) is 5.15. The van der Waals surface area contributed by atoms with E-state index >= 15 is 0 Å². The van der Waals surface area contributed by atoms with Crippen LogP contribution in [0.1, 0.15) is 33.8 Å². The summed E-state index contributed by atoms with van der Waals surface area (Å²) in [5.74, 6) is 0.0553. The van der Waals surface area contributed by atoms with E-state index in [2.05, 4.69) is 20.8 Å². The number of halogens is 1. The first kappa shape index (κ1) is 13.9. The molecule has 0 aliphatic heterocycles. The summed E-state index contributed by atoms with van der Waals surface area (Å²) in [6.07, 6.45) is 0. The van der Waals surface area contributed by atoms with Crippen molar-refractivity contribution in [3.05, 3.63) is 29.6 Å². The first-order valence-electron chi connectivity index (χ1n) is 4.77. The molecule has 0 aromatic heterocycles. The van der Waals surface area contributed by atoms with E-state index < -0.39 is 0 Å². The predicted molar refractivity (Wildman–Crippen MR) is 62.8 cm³/mol. The zero-order valence-corrected chi connectivity index (χ0v) is 9.23. The largest absolute Gasteiger partial charge is 0.490 e. The van der Waals surface area contributed by atoms with Crippen LogP contribution in [0.15, 0.2) is 18.2 Å². The molecule has 0 spiro atoms. The van der Waals surface area contributed by atoms with Crippen LogP contribution in [0.2, 0.25) is 0 Å². The number of benzene rings is 1. The highest BCUT2D eigenvalue weighted by Gasteiger charge is 2.12. The second-order valence-corrected chi connectivity index (χ2v) is 4.78. The molecule has 0 saturated heterocycles. The van der Waals surface area contributed by atoms with Gasteiger partial charge >= 0.3 is 0 Å². The van der Waals surface area contributed by atoms with Crippen molar-refractivity contribution >= 4 is 0 Å². The lowest BCUT2D eigenvalue weighted by atomic mass is 9.99. The lowest BCUT2D eigenvalue weighted by molar-refractivity contribution is 0.191. The normalized spacial score (nSPS) is 10.7. The van der Waals surface area contributed by atoms with E-state index in [1.54, 1.807) is 12.1 Å². The summed E-state index contributed by atoms with van der Waals surface area (Å²) in [7, 11) is 0. The van der Waals surface area contributed by atoms with Gasteiger partial charge in [-0.2, -0.15) is 0 Å². The van der Waals surface area contributed by atoms with Crippen LogP contribution in [0.4, 0.5) is 4.39 Å². The van der Waals surface area contributed by atoms with Crippen LogP contribution in [0, 0.1) is 18.2 Å². The average Bonchev–Trinajstić information content (AvgIpc) is 2.05. The lowest BCUT2D eigenvalue weighted by Crippen LogP contribution is -2.17. The van der Waals surface area contributed by atoms with E-state index in [0.29, 0.717) is 12.4 Å². The van der Waals surface area contributed by atoms with Crippen molar-refractivity contribution in [3.63, 3.8) is 0 Å². The Balaban J connectivity index is 0.00000196. The lowest BCUT2D eigenvalue weighted by Gasteiger charge is -2.19. The van der Waals surface area contributed by atoms with Gasteiger partial charge in [-0.3, -0.25) is 0 Å². The molecule has 0 amide bonds. The summed E-state index contributed by atoms with van der Waals surface area (Å²) >= 11 is 0. The Morgan fingerprint density at radius 1 is 1.27 bits per heavy atom. The molecule has 1 aromatic rings. The standard InChI is InChI=1S/C12H17FO.CH4/c1-9-5-6-10(13)11(7-9)14-8-12(2,3)4;/h5-7H,8H2,1-4H3;1H4. The summed E-state index contributed by atoms with van der Waals surface area (Å²) < 4.78 is 18.6. The number of ether oxygens (including phenoxy) is 1. The number of hydrogen-bond donors (Lipinski definition) is 0. The molecule has 86 valence electrons. The van der Waals surface area contributed by atoms with Crippen LogP contribution < -0.4 is 4.74 Å². The van der Waals surface area contributed by atoms with Crippen LogP contribution >= 0.6 is 0 Å². The molecule has 0 radical (unpaired) electrons. The smallest absolute Gasteiger partial charge is 0.165 e. The molecule has 1 nitrogen and oxygen atoms in total. The molecule has 0 atom stereocenters. The van der Waals surface area contributed by atoms with Gasteiger partial charge in [-0.25, -0.2) is 4.39 Å². The van der Waals surface area contributed by atoms with Gasteiger partial charge in [0, 0.05) is 0 Å². The Labute approximate surface area is 92.3 Å². The van der Waals surface area contributed by atoms with E-state index in [4.69, 9.17) is 4.74 Å². The fraction of sp³-hybridized carbons (Fsp3) is 0.538. The summed E-state index contributed by atoms with van der Waals surface area (Å²) in [5, 5.41) is 0. The monoisotopic (exact) mass is 212 g/mol. The molecule has 1 aromatic carbocycles. The van der Waals surface area contributed by atoms with Gasteiger partial charge in [0.15, 0.2) is 11.6 Å². The number of rotatable bonds is 2. The minimum atomic E-state index is -0.292. The zero-order valence-electron chi connectivity index (χ0n) is 9.23. The van der Waals surface area contributed by atoms with Crippen molar-refractivity contribution in [1.29, 1.82) is 0 Å². The SMILES string of the molecule is C.Cc1ccc(F)c(OCC(C)(C)C)c1. The Morgan fingerprint density at radius 3 is 2.40 bits per heavy atom. The van der Waals surface area contributed by atoms with Gasteiger partial charge in [0.05, 0.1) is 6.61 Å². The molecule has 2 heteroatoms. The van der Waals surface area contributed by atoms with E-state index in [1.807, 2.05) is 6.92 Å². The maximum absolute atomic E-state index is 13.2. The minimum absolute atomic E-state index is 0. The van der Waals surface area contributed by atoms with Crippen molar-refractivity contribution < 1.29 is 9.13 Å². The second-order valence-electron chi connectivity index (χ2n) is 4.78. The quantitative estimate of drug-likeness (QED) is 0.714. The molecule has 0 unspecified atom stereocenters. The zero-order chi connectivity index (χ0) is 10.8. The van der Waals surface area contributed by atoms with Crippen LogP contribution in [-0.2, 0) is 0 Å². The topological polar surface area (TPSA) is 9.23 Å². The fourth-order valence-corrected chi connectivity index (χ4v) is 1.02. The van der Waals surface area contributed by atoms with Crippen molar-refractivity contribution in [2.45, 2.75) is 35.1 Å². The maximum atomic E-state index is 13.2. The van der Waals surface area contributed by atoms with Crippen LogP contribution in [0.3, 0.4) is 0 Å². The van der Waals surface area contributed by atoms with Crippen molar-refractivity contribution in [2.24, 2.45) is 5.41 Å². The molecule has 0 aliphatic rings. The minimum Gasteiger partial charge on any atom is -0.490 e. The molecule has 15 heavy (non-hydrogen) atoms. The van der Waals surface area contributed by atoms with Crippen LogP contribution in [0.25, 0.3) is 0 Å². The van der Waals surface area contributed by atoms with Crippen molar-refractivity contribution in [2.75, 3.05) is 6.61 Å². The summed E-state index contributed by atoms with van der Waals surface area (Å²) in [6.45, 7) is 8.61. The van der Waals surface area contributed by atoms with E-state index in [1.165, 1.54) is 6.07 Å². The molecular weight excluding hydrogens is 191 g/mol. The molecule has 0 heterocycles. The van der Waals surface area contributed by atoms with Crippen molar-refractivity contribution in [3.8, 4) is 5.75 Å². The molecule has 1 rings (SSSR count). The van der Waals surface area contributed by atoms with Crippen LogP contribution in [-0.4, -0.2) is 6.61 Å². The molecule has 0 bridgehead atoms. The molecular formula is C13H21FO. The summed E-state index contributed by atoms with van der Waals surface area (Å²) in [5.41, 5.74) is 1.06. The predicted octanol–water partition coefficient (Wildman–Crippen LogP) is 4.20. The van der Waals surface area contributed by atoms with Gasteiger partial charge in [-0.05, 0) is 30.0 Å². The van der Waals surface area contributed by atoms with Gasteiger partial charge in [-0.1, -0.05) is 34.3 Å². The fourth-order valence-electron chi connectivity index (χ4n) is 1.02. The molecule has 0 fully saturated rings. The molecule has 0 N–H and O–H groups in total. The third-order valence-electron chi connectivity index (χ3n) is 1.75. The third-order valence-corrected chi connectivity index (χ3v) is 1.75. The first-order chi connectivity index (χ1) is 6.38. The highest BCUT2D eigenvalue weighted by Crippen LogP contribution is 2.21. The van der Waals surface area contributed by atoms with E-state index in [9.17, 15) is 4.39 Å². The maximum Gasteiger partial charge on any atom is 0.165 e. The van der Waals surface area contributed by atoms with Gasteiger partial charge < -0.3 is 4.74 Å². The number of hydrogen-bond acceptors (Lipinski definition) is 1. The van der Waals surface area contributed by atoms with Crippen molar-refractivity contribution in [1.82, 2.24) is 0 Å². The van der Waals surface area contributed by atoms with E-state index in [0.717, 1.165) is 5.56 Å². The van der Waals surface area contributed by atoms with Gasteiger partial charge in [0.2, 0.25) is 0 Å². The Bertz CT molecular complexity index is 313. The molecule has 0 aliphatic carbocycles. The Morgan fingerprint density at radius 2 is 1.87 bits per heavy atom. The summed E-state index contributed by atoms with van der Waals surface area (Å²) in [4.78, 5) is 0. The van der Waals surface area contributed by atoms with Gasteiger partial charge in [0.1, 0.15) is 0 Å². The number of aryl methyl sites for hydroxylation is 1. The van der Waals surface area contributed by atoms with Crippen LogP contribution in [0.5, 0.6) is 5.75 Å². The first-order valence-corrected chi connectivity index (χ1v) is 4.77. The van der Waals surface area contributed by atoms with Gasteiger partial charge in [0.25, 0.3) is 0 Å². The highest BCUT2D eigenvalue weighted by atomic mass is 19.1. The summed E-state index contributed by atoms with van der Waals surface area (Å²) in [6, 6.07) is 4.90.